The summed E-state index contributed by atoms with van der Waals surface area (Å²) in [6.45, 7) is 9.03. The van der Waals surface area contributed by atoms with Gasteiger partial charge in [0, 0.05) is 17.6 Å². The van der Waals surface area contributed by atoms with Gasteiger partial charge in [0.1, 0.15) is 12.6 Å². The number of hydrogen-bond donors (Lipinski definition) is 1. The van der Waals surface area contributed by atoms with Crippen molar-refractivity contribution < 1.29 is 18.0 Å². The number of aryl methyl sites for hydroxylation is 2. The average molecular weight is 619 g/mol. The van der Waals surface area contributed by atoms with Crippen LogP contribution in [0.2, 0.25) is 10.0 Å². The zero-order chi connectivity index (χ0) is 30.3. The van der Waals surface area contributed by atoms with Crippen molar-refractivity contribution in [3.8, 4) is 0 Å². The molecule has 0 aromatic heterocycles. The van der Waals surface area contributed by atoms with Gasteiger partial charge in [-0.2, -0.15) is 0 Å². The normalized spacial score (nSPS) is 12.9. The van der Waals surface area contributed by atoms with Crippen molar-refractivity contribution in [3.63, 3.8) is 0 Å². The van der Waals surface area contributed by atoms with Crippen molar-refractivity contribution in [2.75, 3.05) is 10.8 Å². The Labute approximate surface area is 253 Å². The molecule has 0 aliphatic carbocycles. The summed E-state index contributed by atoms with van der Waals surface area (Å²) in [7, 11) is -4.25. The van der Waals surface area contributed by atoms with Gasteiger partial charge in [0.2, 0.25) is 11.8 Å². The van der Waals surface area contributed by atoms with Gasteiger partial charge in [-0.15, -0.1) is 0 Å². The highest BCUT2D eigenvalue weighted by atomic mass is 35.5. The van der Waals surface area contributed by atoms with Gasteiger partial charge < -0.3 is 10.2 Å². The van der Waals surface area contributed by atoms with Crippen LogP contribution in [-0.4, -0.2) is 43.8 Å². The summed E-state index contributed by atoms with van der Waals surface area (Å²) in [5.74, 6) is -0.848. The highest BCUT2D eigenvalue weighted by Crippen LogP contribution is 2.33. The third-order valence-electron chi connectivity index (χ3n) is 6.93. The average Bonchev–Trinajstić information content (AvgIpc) is 2.94. The molecule has 0 bridgehead atoms. The summed E-state index contributed by atoms with van der Waals surface area (Å²) in [6, 6.07) is 17.5. The van der Waals surface area contributed by atoms with Crippen LogP contribution in [0, 0.1) is 13.8 Å². The molecule has 10 heteroatoms. The second kappa shape index (κ2) is 14.2. The Kier molecular flexibility index (Phi) is 11.2. The van der Waals surface area contributed by atoms with Crippen LogP contribution >= 0.6 is 23.2 Å². The lowest BCUT2D eigenvalue weighted by atomic mass is 10.1. The molecular weight excluding hydrogens is 581 g/mol. The SMILES string of the molecule is CC[C@@H](C)NC(=O)[C@H](CC)N(Cc1ccc(C)cc1)C(=O)CN(c1cc(Cl)ccc1Cl)S(=O)(=O)c1ccc(C)cc1. The van der Waals surface area contributed by atoms with E-state index in [4.69, 9.17) is 23.2 Å². The predicted molar refractivity (Wildman–Crippen MR) is 166 cm³/mol. The lowest BCUT2D eigenvalue weighted by Gasteiger charge is -2.34. The minimum absolute atomic E-state index is 0.00131. The number of benzene rings is 3. The molecule has 0 aliphatic rings. The quantitative estimate of drug-likeness (QED) is 0.250. The molecule has 41 heavy (non-hydrogen) atoms. The molecule has 3 rings (SSSR count). The number of amides is 2. The molecule has 0 radical (unpaired) electrons. The summed E-state index contributed by atoms with van der Waals surface area (Å²) in [5, 5.41) is 3.35. The fourth-order valence-corrected chi connectivity index (χ4v) is 6.14. The first-order valence-electron chi connectivity index (χ1n) is 13.6. The molecule has 0 saturated carbocycles. The fraction of sp³-hybridized carbons (Fsp3) is 0.355. The molecule has 2 atom stereocenters. The molecule has 220 valence electrons. The van der Waals surface area contributed by atoms with Crippen LogP contribution in [-0.2, 0) is 26.2 Å². The number of rotatable bonds is 12. The van der Waals surface area contributed by atoms with Crippen molar-refractivity contribution in [2.24, 2.45) is 0 Å². The number of anilines is 1. The predicted octanol–water partition coefficient (Wildman–Crippen LogP) is 6.53. The molecule has 3 aromatic carbocycles. The van der Waals surface area contributed by atoms with E-state index in [1.54, 1.807) is 18.2 Å². The first kappa shape index (κ1) is 32.4. The van der Waals surface area contributed by atoms with Gasteiger partial charge in [-0.3, -0.25) is 13.9 Å². The van der Waals surface area contributed by atoms with E-state index in [0.29, 0.717) is 6.42 Å². The van der Waals surface area contributed by atoms with E-state index < -0.39 is 28.5 Å². The third-order valence-corrected chi connectivity index (χ3v) is 9.25. The number of nitrogens with zero attached hydrogens (tertiary/aromatic N) is 2. The van der Waals surface area contributed by atoms with Crippen LogP contribution in [0.1, 0.15) is 50.3 Å². The molecule has 3 aromatic rings. The molecule has 7 nitrogen and oxygen atoms in total. The van der Waals surface area contributed by atoms with E-state index in [1.165, 1.54) is 29.2 Å². The van der Waals surface area contributed by atoms with Crippen LogP contribution in [0.4, 0.5) is 5.69 Å². The van der Waals surface area contributed by atoms with E-state index in [2.05, 4.69) is 5.32 Å². The maximum atomic E-state index is 14.2. The highest BCUT2D eigenvalue weighted by Gasteiger charge is 2.34. The lowest BCUT2D eigenvalue weighted by molar-refractivity contribution is -0.140. The van der Waals surface area contributed by atoms with Crippen LogP contribution in [0.25, 0.3) is 0 Å². The summed E-state index contributed by atoms with van der Waals surface area (Å²) in [4.78, 5) is 29.0. The Morgan fingerprint density at radius 3 is 2.02 bits per heavy atom. The van der Waals surface area contributed by atoms with Gasteiger partial charge >= 0.3 is 0 Å². The number of carbonyl (C=O) groups excluding carboxylic acids is 2. The maximum absolute atomic E-state index is 14.2. The van der Waals surface area contributed by atoms with Crippen molar-refractivity contribution in [1.82, 2.24) is 10.2 Å². The molecule has 0 spiro atoms. The number of carbonyl (C=O) groups is 2. The van der Waals surface area contributed by atoms with Crippen LogP contribution in [0.3, 0.4) is 0 Å². The molecule has 0 heterocycles. The highest BCUT2D eigenvalue weighted by molar-refractivity contribution is 7.92. The van der Waals surface area contributed by atoms with E-state index in [9.17, 15) is 18.0 Å². The Hall–Kier alpha value is -3.07. The van der Waals surface area contributed by atoms with Gasteiger partial charge in [-0.05, 0) is 69.5 Å². The van der Waals surface area contributed by atoms with Crippen LogP contribution < -0.4 is 9.62 Å². The molecule has 2 amide bonds. The van der Waals surface area contributed by atoms with Gasteiger partial charge in [-0.25, -0.2) is 8.42 Å². The molecule has 0 unspecified atom stereocenters. The van der Waals surface area contributed by atoms with Crippen molar-refractivity contribution in [2.45, 2.75) is 71.0 Å². The number of nitrogens with one attached hydrogen (secondary N) is 1. The van der Waals surface area contributed by atoms with Gasteiger partial charge in [0.05, 0.1) is 15.6 Å². The molecule has 1 N–H and O–H groups in total. The van der Waals surface area contributed by atoms with E-state index >= 15 is 0 Å². The zero-order valence-corrected chi connectivity index (χ0v) is 26.4. The first-order valence-corrected chi connectivity index (χ1v) is 15.8. The summed E-state index contributed by atoms with van der Waals surface area (Å²) < 4.78 is 29.0. The third kappa shape index (κ3) is 8.24. The Balaban J connectivity index is 2.10. The van der Waals surface area contributed by atoms with Gasteiger partial charge in [-0.1, -0.05) is 84.6 Å². The minimum atomic E-state index is -4.25. The number of sulfonamides is 1. The summed E-state index contributed by atoms with van der Waals surface area (Å²) in [5.41, 5.74) is 2.82. The molecule has 0 aliphatic heterocycles. The second-order valence-corrected chi connectivity index (χ2v) is 12.9. The minimum Gasteiger partial charge on any atom is -0.352 e. The smallest absolute Gasteiger partial charge is 0.264 e. The van der Waals surface area contributed by atoms with Gasteiger partial charge in [0.15, 0.2) is 0 Å². The maximum Gasteiger partial charge on any atom is 0.264 e. The summed E-state index contributed by atoms with van der Waals surface area (Å²) >= 11 is 12.7. The van der Waals surface area contributed by atoms with E-state index in [0.717, 1.165) is 27.4 Å². The van der Waals surface area contributed by atoms with Crippen molar-refractivity contribution in [1.29, 1.82) is 0 Å². The second-order valence-electron chi connectivity index (χ2n) is 10.2. The first-order chi connectivity index (χ1) is 19.4. The van der Waals surface area contributed by atoms with Crippen molar-refractivity contribution >= 4 is 50.7 Å². The molecule has 0 saturated heterocycles. The topological polar surface area (TPSA) is 86.8 Å². The monoisotopic (exact) mass is 617 g/mol. The van der Waals surface area contributed by atoms with E-state index in [-0.39, 0.29) is 39.1 Å². The van der Waals surface area contributed by atoms with Gasteiger partial charge in [0.25, 0.3) is 10.0 Å². The Morgan fingerprint density at radius 2 is 1.46 bits per heavy atom. The molecular formula is C31H37Cl2N3O4S. The Morgan fingerprint density at radius 1 is 0.878 bits per heavy atom. The van der Waals surface area contributed by atoms with Crippen LogP contribution in [0.15, 0.2) is 71.6 Å². The van der Waals surface area contributed by atoms with Crippen LogP contribution in [0.5, 0.6) is 0 Å². The summed E-state index contributed by atoms with van der Waals surface area (Å²) in [6.07, 6.45) is 1.06. The fourth-order valence-electron chi connectivity index (χ4n) is 4.28. The van der Waals surface area contributed by atoms with Crippen molar-refractivity contribution in [3.05, 3.63) is 93.5 Å². The number of hydrogen-bond acceptors (Lipinski definition) is 4. The zero-order valence-electron chi connectivity index (χ0n) is 24.0. The number of halogens is 2. The van der Waals surface area contributed by atoms with E-state index in [1.807, 2.05) is 58.9 Å². The Bertz CT molecular complexity index is 1460. The molecule has 0 fully saturated rings. The standard InChI is InChI=1S/C31H37Cl2N3O4S/c1-6-23(5)34-31(38)28(7-2)35(19-24-12-8-21(3)9-13-24)30(37)20-36(29-18-25(32)14-17-27(29)33)41(39,40)26-15-10-22(4)11-16-26/h8-18,23,28H,6-7,19-20H2,1-5H3,(H,34,38)/t23-,28+/m1/s1. The largest absolute Gasteiger partial charge is 0.352 e. The lowest BCUT2D eigenvalue weighted by Crippen LogP contribution is -2.53.